The predicted octanol–water partition coefficient (Wildman–Crippen LogP) is 2.93. The van der Waals surface area contributed by atoms with Crippen molar-refractivity contribution in [3.63, 3.8) is 0 Å². The molecule has 0 aromatic rings. The van der Waals surface area contributed by atoms with Gasteiger partial charge in [0.1, 0.15) is 4.92 Å². The van der Waals surface area contributed by atoms with Crippen LogP contribution in [0.5, 0.6) is 0 Å². The molecule has 0 aliphatic rings. The molecular formula is C10H19NO3. The average Bonchev–Trinajstić information content (AvgIpc) is 2.16. The summed E-state index contributed by atoms with van der Waals surface area (Å²) < 4.78 is 0. The van der Waals surface area contributed by atoms with Gasteiger partial charge in [-0.2, -0.15) is 0 Å². The first-order valence-corrected chi connectivity index (χ1v) is 5.35. The third-order valence-corrected chi connectivity index (χ3v) is 2.20. The van der Waals surface area contributed by atoms with Gasteiger partial charge in [0.2, 0.25) is 0 Å². The van der Waals surface area contributed by atoms with Crippen LogP contribution in [-0.4, -0.2) is 10.8 Å². The zero-order valence-corrected chi connectivity index (χ0v) is 8.83. The third kappa shape index (κ3) is 7.71. The van der Waals surface area contributed by atoms with Crippen LogP contribution in [0.4, 0.5) is 0 Å². The van der Waals surface area contributed by atoms with Gasteiger partial charge in [-0.25, -0.2) is 4.79 Å². The van der Waals surface area contributed by atoms with E-state index >= 15 is 0 Å². The minimum Gasteiger partial charge on any atom is -0.256 e. The Bertz CT molecular complexity index is 180. The molecule has 0 aromatic heterocycles. The second-order valence-corrected chi connectivity index (χ2v) is 3.52. The smallest absolute Gasteiger partial charge is 0.256 e. The highest BCUT2D eigenvalue weighted by molar-refractivity contribution is 5.66. The van der Waals surface area contributed by atoms with Gasteiger partial charge in [0.15, 0.2) is 0 Å². The Labute approximate surface area is 84.8 Å². The van der Waals surface area contributed by atoms with Crippen molar-refractivity contribution in [3.05, 3.63) is 10.1 Å². The number of unbranched alkanes of at least 4 members (excludes halogenated alkanes) is 6. The van der Waals surface area contributed by atoms with E-state index in [0.717, 1.165) is 12.8 Å². The fraction of sp³-hybridized carbons (Fsp3) is 0.900. The van der Waals surface area contributed by atoms with Crippen molar-refractivity contribution in [2.24, 2.45) is 0 Å². The van der Waals surface area contributed by atoms with Crippen LogP contribution in [0.1, 0.15) is 58.3 Å². The highest BCUT2D eigenvalue weighted by atomic mass is 16.6. The minimum atomic E-state index is -0.849. The van der Waals surface area contributed by atoms with Crippen molar-refractivity contribution in [2.45, 2.75) is 58.3 Å². The number of rotatable bonds is 8. The number of amides is 1. The van der Waals surface area contributed by atoms with E-state index in [1.54, 1.807) is 0 Å². The van der Waals surface area contributed by atoms with Crippen LogP contribution in [0.25, 0.3) is 0 Å². The Hall–Kier alpha value is -0.930. The number of nitrogens with zero attached hydrogens (tertiary/aromatic N) is 1. The van der Waals surface area contributed by atoms with Crippen LogP contribution in [0.3, 0.4) is 0 Å². The first-order chi connectivity index (χ1) is 6.68. The number of hydrogen-bond donors (Lipinski definition) is 0. The van der Waals surface area contributed by atoms with E-state index in [2.05, 4.69) is 6.92 Å². The van der Waals surface area contributed by atoms with Gasteiger partial charge in [-0.3, -0.25) is 10.1 Å². The SMILES string of the molecule is CCCCCCCCCC(=O)[N+](=O)[O-]. The highest BCUT2D eigenvalue weighted by Crippen LogP contribution is 2.08. The van der Waals surface area contributed by atoms with Gasteiger partial charge in [-0.1, -0.05) is 45.4 Å². The quantitative estimate of drug-likeness (QED) is 0.344. The molecule has 0 saturated heterocycles. The van der Waals surface area contributed by atoms with Crippen molar-refractivity contribution in [1.82, 2.24) is 0 Å². The van der Waals surface area contributed by atoms with Gasteiger partial charge in [0.25, 0.3) is 0 Å². The van der Waals surface area contributed by atoms with Gasteiger partial charge >= 0.3 is 5.91 Å². The van der Waals surface area contributed by atoms with E-state index in [1.165, 1.54) is 25.7 Å². The Kier molecular flexibility index (Phi) is 8.08. The Morgan fingerprint density at radius 1 is 1.07 bits per heavy atom. The van der Waals surface area contributed by atoms with Crippen molar-refractivity contribution in [2.75, 3.05) is 0 Å². The van der Waals surface area contributed by atoms with Crippen molar-refractivity contribution in [1.29, 1.82) is 0 Å². The molecule has 0 aliphatic heterocycles. The number of nitro groups is 1. The lowest BCUT2D eigenvalue weighted by Gasteiger charge is -1.98. The fourth-order valence-electron chi connectivity index (χ4n) is 1.32. The van der Waals surface area contributed by atoms with Crippen LogP contribution in [-0.2, 0) is 4.79 Å². The van der Waals surface area contributed by atoms with Gasteiger partial charge in [0, 0.05) is 0 Å². The van der Waals surface area contributed by atoms with Gasteiger partial charge in [-0.05, 0) is 6.42 Å². The molecule has 4 heteroatoms. The topological polar surface area (TPSA) is 60.2 Å². The summed E-state index contributed by atoms with van der Waals surface area (Å²) in [5.74, 6) is -0.849. The number of carbonyl (C=O) groups is 1. The molecule has 14 heavy (non-hydrogen) atoms. The molecule has 0 unspecified atom stereocenters. The second kappa shape index (κ2) is 8.66. The fourth-order valence-corrected chi connectivity index (χ4v) is 1.32. The maximum atomic E-state index is 10.6. The van der Waals surface area contributed by atoms with Crippen molar-refractivity contribution >= 4 is 5.91 Å². The minimum absolute atomic E-state index is 0.0980. The van der Waals surface area contributed by atoms with Crippen LogP contribution < -0.4 is 0 Å². The Balaban J connectivity index is 3.13. The standard InChI is InChI=1S/C10H19NO3/c1-2-3-4-5-6-7-8-9-10(12)11(13)14/h2-9H2,1H3. The van der Waals surface area contributed by atoms with Crippen LogP contribution >= 0.6 is 0 Å². The molecule has 0 aliphatic carbocycles. The third-order valence-electron chi connectivity index (χ3n) is 2.20. The number of hydrogen-bond acceptors (Lipinski definition) is 3. The van der Waals surface area contributed by atoms with E-state index in [0.29, 0.717) is 6.42 Å². The van der Waals surface area contributed by atoms with E-state index in [-0.39, 0.29) is 6.42 Å². The zero-order valence-electron chi connectivity index (χ0n) is 8.83. The molecule has 0 aromatic carbocycles. The summed E-state index contributed by atoms with van der Waals surface area (Å²) in [4.78, 5) is 19.7. The predicted molar refractivity (Wildman–Crippen MR) is 54.6 cm³/mol. The molecule has 0 atom stereocenters. The molecule has 0 fully saturated rings. The molecule has 1 amide bonds. The summed E-state index contributed by atoms with van der Waals surface area (Å²) in [6.07, 6.45) is 7.68. The first-order valence-electron chi connectivity index (χ1n) is 5.35. The molecule has 0 N–H and O–H groups in total. The summed E-state index contributed by atoms with van der Waals surface area (Å²) in [6, 6.07) is 0. The molecule has 4 nitrogen and oxygen atoms in total. The average molecular weight is 201 g/mol. The summed E-state index contributed by atoms with van der Waals surface area (Å²) in [5, 5.41) is 9.96. The van der Waals surface area contributed by atoms with Gasteiger partial charge in [-0.15, -0.1) is 0 Å². The van der Waals surface area contributed by atoms with Gasteiger partial charge < -0.3 is 0 Å². The van der Waals surface area contributed by atoms with Crippen LogP contribution in [0.15, 0.2) is 0 Å². The van der Waals surface area contributed by atoms with Crippen LogP contribution in [0, 0.1) is 10.1 Å². The van der Waals surface area contributed by atoms with E-state index < -0.39 is 10.8 Å². The maximum absolute atomic E-state index is 10.6. The molecule has 0 saturated carbocycles. The molecule has 82 valence electrons. The molecule has 0 bridgehead atoms. The van der Waals surface area contributed by atoms with E-state index in [4.69, 9.17) is 0 Å². The number of carbonyl (C=O) groups excluding carboxylic acids is 1. The molecule has 0 rings (SSSR count). The normalized spacial score (nSPS) is 10.1. The van der Waals surface area contributed by atoms with E-state index in [9.17, 15) is 14.9 Å². The molecule has 0 heterocycles. The zero-order chi connectivity index (χ0) is 10.8. The molecular weight excluding hydrogens is 182 g/mol. The van der Waals surface area contributed by atoms with Crippen molar-refractivity contribution < 1.29 is 9.72 Å². The van der Waals surface area contributed by atoms with Gasteiger partial charge in [0.05, 0.1) is 6.42 Å². The molecule has 0 spiro atoms. The molecule has 0 radical (unpaired) electrons. The summed E-state index contributed by atoms with van der Waals surface area (Å²) in [6.45, 7) is 2.16. The lowest BCUT2D eigenvalue weighted by Crippen LogP contribution is -2.10. The first kappa shape index (κ1) is 13.1. The lowest BCUT2D eigenvalue weighted by molar-refractivity contribution is -0.402. The summed E-state index contributed by atoms with van der Waals surface area (Å²) >= 11 is 0. The highest BCUT2D eigenvalue weighted by Gasteiger charge is 2.12. The Morgan fingerprint density at radius 3 is 2.07 bits per heavy atom. The van der Waals surface area contributed by atoms with E-state index in [1.807, 2.05) is 0 Å². The van der Waals surface area contributed by atoms with Crippen molar-refractivity contribution in [3.8, 4) is 0 Å². The van der Waals surface area contributed by atoms with Crippen LogP contribution in [0.2, 0.25) is 0 Å². The summed E-state index contributed by atoms with van der Waals surface area (Å²) in [5.41, 5.74) is 0. The Morgan fingerprint density at radius 2 is 1.57 bits per heavy atom. The largest absolute Gasteiger partial charge is 0.444 e. The second-order valence-electron chi connectivity index (χ2n) is 3.52. The summed E-state index contributed by atoms with van der Waals surface area (Å²) in [7, 11) is 0. The monoisotopic (exact) mass is 201 g/mol. The maximum Gasteiger partial charge on any atom is 0.444 e. The lowest BCUT2D eigenvalue weighted by atomic mass is 10.1.